The molecule has 1 amide bonds. The van der Waals surface area contributed by atoms with Crippen LogP contribution in [0.5, 0.6) is 5.75 Å². The van der Waals surface area contributed by atoms with Crippen LogP contribution in [0.3, 0.4) is 0 Å². The van der Waals surface area contributed by atoms with Gasteiger partial charge in [-0.2, -0.15) is 0 Å². The second-order valence-electron chi connectivity index (χ2n) is 6.38. The Hall–Kier alpha value is -2.93. The van der Waals surface area contributed by atoms with Crippen molar-refractivity contribution in [3.63, 3.8) is 0 Å². The maximum atomic E-state index is 12.4. The number of unbranched alkanes of at least 4 members (excludes halogenated alkanes) is 3. The number of hydrogen-bond acceptors (Lipinski definition) is 5. The standard InChI is InChI=1S/C22H26N2O4S/c1-3-4-5-8-15-28-17-13-11-16(12-14-17)20(25)24-22(29)23-19-10-7-6-9-18(19)21(26)27-2/h6-7,9-14H,3-5,8,15H2,1-2H3,(H2,23,24,25,29). The van der Waals surface area contributed by atoms with E-state index in [1.54, 1.807) is 48.5 Å². The minimum atomic E-state index is -0.493. The van der Waals surface area contributed by atoms with Gasteiger partial charge >= 0.3 is 5.97 Å². The molecule has 0 aliphatic rings. The van der Waals surface area contributed by atoms with E-state index in [4.69, 9.17) is 21.7 Å². The third kappa shape index (κ3) is 7.19. The highest BCUT2D eigenvalue weighted by atomic mass is 32.1. The molecule has 2 rings (SSSR count). The van der Waals surface area contributed by atoms with E-state index in [2.05, 4.69) is 17.6 Å². The van der Waals surface area contributed by atoms with Gasteiger partial charge in [0, 0.05) is 5.56 Å². The molecule has 0 radical (unpaired) electrons. The Labute approximate surface area is 176 Å². The Morgan fingerprint density at radius 2 is 1.72 bits per heavy atom. The molecule has 0 heterocycles. The van der Waals surface area contributed by atoms with Gasteiger partial charge in [0.2, 0.25) is 0 Å². The molecule has 2 aromatic carbocycles. The second kappa shape index (κ2) is 11.8. The summed E-state index contributed by atoms with van der Waals surface area (Å²) in [4.78, 5) is 24.2. The quantitative estimate of drug-likeness (QED) is 0.356. The molecule has 154 valence electrons. The van der Waals surface area contributed by atoms with Gasteiger partial charge in [-0.3, -0.25) is 10.1 Å². The lowest BCUT2D eigenvalue weighted by Gasteiger charge is -2.12. The zero-order chi connectivity index (χ0) is 21.1. The molecule has 0 saturated carbocycles. The van der Waals surface area contributed by atoms with E-state index in [1.807, 2.05) is 0 Å². The SMILES string of the molecule is CCCCCCOc1ccc(C(=O)NC(=S)Nc2ccccc2C(=O)OC)cc1. The third-order valence-electron chi connectivity index (χ3n) is 4.19. The Balaban J connectivity index is 1.88. The summed E-state index contributed by atoms with van der Waals surface area (Å²) in [7, 11) is 1.30. The van der Waals surface area contributed by atoms with Crippen LogP contribution in [-0.4, -0.2) is 30.7 Å². The highest BCUT2D eigenvalue weighted by Crippen LogP contribution is 2.16. The number of nitrogens with one attached hydrogen (secondary N) is 2. The molecule has 0 saturated heterocycles. The first-order chi connectivity index (χ1) is 14.0. The van der Waals surface area contributed by atoms with Crippen molar-refractivity contribution in [1.82, 2.24) is 5.32 Å². The van der Waals surface area contributed by atoms with Crippen LogP contribution in [0, 0.1) is 0 Å². The molecule has 2 N–H and O–H groups in total. The Morgan fingerprint density at radius 3 is 2.41 bits per heavy atom. The molecule has 7 heteroatoms. The minimum Gasteiger partial charge on any atom is -0.494 e. The summed E-state index contributed by atoms with van der Waals surface area (Å²) in [6.07, 6.45) is 4.57. The molecule has 2 aromatic rings. The average Bonchev–Trinajstić information content (AvgIpc) is 2.73. The second-order valence-corrected chi connectivity index (χ2v) is 6.79. The smallest absolute Gasteiger partial charge is 0.339 e. The van der Waals surface area contributed by atoms with Crippen molar-refractivity contribution >= 4 is 34.9 Å². The fourth-order valence-corrected chi connectivity index (χ4v) is 2.83. The molecule has 6 nitrogen and oxygen atoms in total. The van der Waals surface area contributed by atoms with Crippen LogP contribution in [0.4, 0.5) is 5.69 Å². The molecule has 0 atom stereocenters. The first-order valence-electron chi connectivity index (χ1n) is 9.57. The van der Waals surface area contributed by atoms with Crippen molar-refractivity contribution in [2.75, 3.05) is 19.0 Å². The number of ether oxygens (including phenoxy) is 2. The van der Waals surface area contributed by atoms with Gasteiger partial charge in [0.25, 0.3) is 5.91 Å². The van der Waals surface area contributed by atoms with Crippen LogP contribution >= 0.6 is 12.2 Å². The number of esters is 1. The molecule has 0 fully saturated rings. The number of amides is 1. The van der Waals surface area contributed by atoms with Gasteiger partial charge < -0.3 is 14.8 Å². The molecule has 0 unspecified atom stereocenters. The molecule has 0 aliphatic carbocycles. The number of rotatable bonds is 9. The monoisotopic (exact) mass is 414 g/mol. The van der Waals surface area contributed by atoms with Crippen molar-refractivity contribution in [3.8, 4) is 5.75 Å². The Kier molecular flexibility index (Phi) is 9.11. The summed E-state index contributed by atoms with van der Waals surface area (Å²) in [5.41, 5.74) is 1.23. The van der Waals surface area contributed by atoms with E-state index in [1.165, 1.54) is 20.0 Å². The number of carbonyl (C=O) groups is 2. The zero-order valence-corrected chi connectivity index (χ0v) is 17.5. The number of anilines is 1. The molecule has 0 aliphatic heterocycles. The van der Waals surface area contributed by atoms with E-state index in [0.29, 0.717) is 23.4 Å². The van der Waals surface area contributed by atoms with Crippen molar-refractivity contribution in [1.29, 1.82) is 0 Å². The number of benzene rings is 2. The van der Waals surface area contributed by atoms with E-state index in [-0.39, 0.29) is 11.0 Å². The predicted octanol–water partition coefficient (Wildman–Crippen LogP) is 4.56. The summed E-state index contributed by atoms with van der Waals surface area (Å²) in [5, 5.41) is 5.55. The summed E-state index contributed by atoms with van der Waals surface area (Å²) in [5.74, 6) is -0.120. The Bertz CT molecular complexity index is 837. The lowest BCUT2D eigenvalue weighted by atomic mass is 10.2. The fourth-order valence-electron chi connectivity index (χ4n) is 2.63. The van der Waals surface area contributed by atoms with Crippen LogP contribution in [0.15, 0.2) is 48.5 Å². The maximum absolute atomic E-state index is 12.4. The van der Waals surface area contributed by atoms with E-state index < -0.39 is 5.97 Å². The lowest BCUT2D eigenvalue weighted by molar-refractivity contribution is 0.0602. The number of thiocarbonyl (C=S) groups is 1. The lowest BCUT2D eigenvalue weighted by Crippen LogP contribution is -2.34. The molecule has 0 bridgehead atoms. The van der Waals surface area contributed by atoms with Gasteiger partial charge in [-0.05, 0) is 55.0 Å². The normalized spacial score (nSPS) is 10.1. The van der Waals surface area contributed by atoms with Crippen molar-refractivity contribution < 1.29 is 19.1 Å². The number of methoxy groups -OCH3 is 1. The van der Waals surface area contributed by atoms with Crippen molar-refractivity contribution in [2.24, 2.45) is 0 Å². The van der Waals surface area contributed by atoms with Crippen LogP contribution in [0.25, 0.3) is 0 Å². The summed E-state index contributed by atoms with van der Waals surface area (Å²) in [6, 6.07) is 13.6. The van der Waals surface area contributed by atoms with Crippen LogP contribution in [0.2, 0.25) is 0 Å². The molecule has 29 heavy (non-hydrogen) atoms. The van der Waals surface area contributed by atoms with Crippen LogP contribution in [0.1, 0.15) is 53.3 Å². The van der Waals surface area contributed by atoms with Gasteiger partial charge in [-0.25, -0.2) is 4.79 Å². The van der Waals surface area contributed by atoms with Gasteiger partial charge in [0.15, 0.2) is 5.11 Å². The third-order valence-corrected chi connectivity index (χ3v) is 4.39. The fraction of sp³-hybridized carbons (Fsp3) is 0.318. The first kappa shape index (κ1) is 22.4. The van der Waals surface area contributed by atoms with Crippen molar-refractivity contribution in [3.05, 3.63) is 59.7 Å². The van der Waals surface area contributed by atoms with E-state index >= 15 is 0 Å². The van der Waals surface area contributed by atoms with E-state index in [0.717, 1.165) is 18.6 Å². The highest BCUT2D eigenvalue weighted by molar-refractivity contribution is 7.80. The zero-order valence-electron chi connectivity index (χ0n) is 16.7. The average molecular weight is 415 g/mol. The summed E-state index contributed by atoms with van der Waals surface area (Å²) in [6.45, 7) is 2.84. The van der Waals surface area contributed by atoms with Crippen molar-refractivity contribution in [2.45, 2.75) is 32.6 Å². The number of hydrogen-bond donors (Lipinski definition) is 2. The molecular weight excluding hydrogens is 388 g/mol. The largest absolute Gasteiger partial charge is 0.494 e. The molecule has 0 spiro atoms. The van der Waals surface area contributed by atoms with E-state index in [9.17, 15) is 9.59 Å². The van der Waals surface area contributed by atoms with Crippen LogP contribution in [-0.2, 0) is 4.74 Å². The summed E-state index contributed by atoms with van der Waals surface area (Å²) < 4.78 is 10.4. The van der Waals surface area contributed by atoms with Gasteiger partial charge in [-0.1, -0.05) is 38.3 Å². The highest BCUT2D eigenvalue weighted by Gasteiger charge is 2.13. The molecular formula is C22H26N2O4S. The predicted molar refractivity (Wildman–Crippen MR) is 118 cm³/mol. The minimum absolute atomic E-state index is 0.0857. The Morgan fingerprint density at radius 1 is 1.00 bits per heavy atom. The number of carbonyl (C=O) groups excluding carboxylic acids is 2. The van der Waals surface area contributed by atoms with Gasteiger partial charge in [0.1, 0.15) is 5.75 Å². The molecule has 0 aromatic heterocycles. The topological polar surface area (TPSA) is 76.7 Å². The summed E-state index contributed by atoms with van der Waals surface area (Å²) >= 11 is 5.19. The maximum Gasteiger partial charge on any atom is 0.339 e. The number of para-hydroxylation sites is 1. The van der Waals surface area contributed by atoms with Gasteiger partial charge in [0.05, 0.1) is 25.0 Å². The first-order valence-corrected chi connectivity index (χ1v) is 9.98. The van der Waals surface area contributed by atoms with Gasteiger partial charge in [-0.15, -0.1) is 0 Å². The van der Waals surface area contributed by atoms with Crippen LogP contribution < -0.4 is 15.4 Å².